The van der Waals surface area contributed by atoms with Crippen LogP contribution >= 0.6 is 11.8 Å². The number of thioether (sulfide) groups is 1. The quantitative estimate of drug-likeness (QED) is 0.230. The van der Waals surface area contributed by atoms with Crippen molar-refractivity contribution in [2.24, 2.45) is 5.92 Å². The molecule has 0 saturated carbocycles. The molecule has 5 rings (SSSR count). The van der Waals surface area contributed by atoms with E-state index in [-0.39, 0.29) is 50.8 Å². The number of benzene rings is 3. The average molecular weight is 673 g/mol. The minimum absolute atomic E-state index is 0.0293. The van der Waals surface area contributed by atoms with Gasteiger partial charge in [-0.15, -0.1) is 0 Å². The highest BCUT2D eigenvalue weighted by Crippen LogP contribution is 2.42. The van der Waals surface area contributed by atoms with Gasteiger partial charge in [-0.1, -0.05) is 79.7 Å². The van der Waals surface area contributed by atoms with Crippen molar-refractivity contribution in [3.05, 3.63) is 95.1 Å². The molecule has 3 N–H and O–H groups in total. The van der Waals surface area contributed by atoms with Crippen LogP contribution in [0, 0.1) is 5.92 Å². The fourth-order valence-corrected chi connectivity index (χ4v) is 7.01. The number of hydrogen-bond acceptors (Lipinski definition) is 7. The van der Waals surface area contributed by atoms with Crippen molar-refractivity contribution in [3.8, 4) is 11.1 Å². The zero-order chi connectivity index (χ0) is 33.6. The van der Waals surface area contributed by atoms with E-state index in [1.165, 1.54) is 0 Å². The second-order valence-corrected chi connectivity index (χ2v) is 12.9. The number of alkyl halides is 3. The Morgan fingerprint density at radius 1 is 0.979 bits per heavy atom. The molecule has 0 aromatic heterocycles. The number of aliphatic hydroxyl groups excluding tert-OH is 2. The second kappa shape index (κ2) is 15.7. The minimum Gasteiger partial charge on any atom is -0.396 e. The summed E-state index contributed by atoms with van der Waals surface area (Å²) in [5.41, 5.74) is 5.09. The summed E-state index contributed by atoms with van der Waals surface area (Å²) in [5.74, 6) is -1.28. The predicted molar refractivity (Wildman–Crippen MR) is 172 cm³/mol. The Morgan fingerprint density at radius 2 is 1.68 bits per heavy atom. The topological polar surface area (TPSA) is 108 Å². The number of carbonyl (C=O) groups is 2. The monoisotopic (exact) mass is 672 g/mol. The third kappa shape index (κ3) is 8.36. The molecular weight excluding hydrogens is 633 g/mol. The van der Waals surface area contributed by atoms with Crippen molar-refractivity contribution in [3.63, 3.8) is 0 Å². The molecule has 0 unspecified atom stereocenters. The summed E-state index contributed by atoms with van der Waals surface area (Å²) in [6.45, 7) is 2.10. The number of likely N-dealkylation sites (tertiary alicyclic amines) is 1. The van der Waals surface area contributed by atoms with E-state index in [4.69, 9.17) is 9.47 Å². The average Bonchev–Trinajstić information content (AvgIpc) is 3.58. The van der Waals surface area contributed by atoms with Gasteiger partial charge in [0, 0.05) is 36.1 Å². The first kappa shape index (κ1) is 34.9. The molecule has 0 aliphatic carbocycles. The largest absolute Gasteiger partial charge is 0.471 e. The maximum Gasteiger partial charge on any atom is 0.471 e. The summed E-state index contributed by atoms with van der Waals surface area (Å²) in [4.78, 5) is 25.3. The van der Waals surface area contributed by atoms with Gasteiger partial charge in [-0.05, 0) is 40.7 Å². The van der Waals surface area contributed by atoms with Gasteiger partial charge in [0.2, 0.25) is 5.91 Å². The predicted octanol–water partition coefficient (Wildman–Crippen LogP) is 5.53. The summed E-state index contributed by atoms with van der Waals surface area (Å²) >= 11 is 1.62. The standard InChI is InChI=1S/C35H39F3N2O6S/c1-22-30(21-47-18-17-41)45-33(46-31(22)25-10-8-23(20-42)9-11-25)26-14-12-24(13-15-26)28-6-3-2-5-27(28)19-39-32(43)29-7-4-16-40(29)34(44)35(36,37)38/h2-3,5-6,8-15,22,29-31,33,41-42H,4,7,16-21H2,1H3,(H,39,43)/t22-,29+,30+,31+,33+/m1/s1. The number of rotatable bonds is 11. The summed E-state index contributed by atoms with van der Waals surface area (Å²) in [7, 11) is 0. The normalized spacial score (nSPS) is 23.1. The Bertz CT molecular complexity index is 1500. The summed E-state index contributed by atoms with van der Waals surface area (Å²) < 4.78 is 52.1. The summed E-state index contributed by atoms with van der Waals surface area (Å²) in [6, 6.07) is 21.7. The molecule has 0 bridgehead atoms. The first-order valence-electron chi connectivity index (χ1n) is 15.6. The highest BCUT2D eigenvalue weighted by atomic mass is 32.2. The Hall–Kier alpha value is -3.42. The fraction of sp³-hybridized carbons (Fsp3) is 0.429. The molecule has 2 saturated heterocycles. The van der Waals surface area contributed by atoms with E-state index < -0.39 is 30.3 Å². The molecule has 3 aromatic carbocycles. The van der Waals surface area contributed by atoms with Crippen LogP contribution in [0.25, 0.3) is 11.1 Å². The van der Waals surface area contributed by atoms with E-state index in [0.29, 0.717) is 22.8 Å². The summed E-state index contributed by atoms with van der Waals surface area (Å²) in [6.07, 6.45) is -5.57. The smallest absolute Gasteiger partial charge is 0.396 e. The first-order valence-corrected chi connectivity index (χ1v) is 16.8. The molecule has 0 radical (unpaired) electrons. The van der Waals surface area contributed by atoms with Gasteiger partial charge in [-0.25, -0.2) is 0 Å². The zero-order valence-corrected chi connectivity index (χ0v) is 26.8. The van der Waals surface area contributed by atoms with Crippen LogP contribution in [0.5, 0.6) is 0 Å². The molecule has 3 aromatic rings. The van der Waals surface area contributed by atoms with Gasteiger partial charge in [-0.2, -0.15) is 24.9 Å². The molecule has 2 fully saturated rings. The Kier molecular flexibility index (Phi) is 11.6. The summed E-state index contributed by atoms with van der Waals surface area (Å²) in [5, 5.41) is 21.5. The van der Waals surface area contributed by atoms with E-state index >= 15 is 0 Å². The lowest BCUT2D eigenvalue weighted by Gasteiger charge is -2.41. The highest BCUT2D eigenvalue weighted by Gasteiger charge is 2.47. The lowest BCUT2D eigenvalue weighted by molar-refractivity contribution is -0.268. The molecule has 47 heavy (non-hydrogen) atoms. The van der Waals surface area contributed by atoms with E-state index in [1.54, 1.807) is 11.8 Å². The minimum atomic E-state index is -5.03. The zero-order valence-electron chi connectivity index (χ0n) is 26.0. The van der Waals surface area contributed by atoms with Crippen LogP contribution < -0.4 is 5.32 Å². The molecule has 5 atom stereocenters. The van der Waals surface area contributed by atoms with Crippen molar-refractivity contribution < 1.29 is 42.4 Å². The molecule has 2 heterocycles. The number of nitrogens with zero attached hydrogens (tertiary/aromatic N) is 1. The lowest BCUT2D eigenvalue weighted by atomic mass is 9.91. The van der Waals surface area contributed by atoms with Gasteiger partial charge < -0.3 is 29.9 Å². The number of amides is 2. The molecule has 2 amide bonds. The van der Waals surface area contributed by atoms with Crippen LogP contribution in [0.1, 0.15) is 54.4 Å². The molecule has 252 valence electrons. The highest BCUT2D eigenvalue weighted by molar-refractivity contribution is 7.99. The van der Waals surface area contributed by atoms with Gasteiger partial charge in [0.1, 0.15) is 6.04 Å². The van der Waals surface area contributed by atoms with E-state index in [1.807, 2.05) is 72.8 Å². The van der Waals surface area contributed by atoms with Gasteiger partial charge in [-0.3, -0.25) is 9.59 Å². The SMILES string of the molecule is C[C@@H]1[C@H](CSCCO)O[C@H](c2ccc(-c3ccccc3CNC(=O)[C@@H]3CCCN3C(=O)C(F)(F)F)cc2)O[C@@H]1c1ccc(CO)cc1. The molecule has 2 aliphatic heterocycles. The number of halogens is 3. The van der Waals surface area contributed by atoms with Gasteiger partial charge in [0.15, 0.2) is 6.29 Å². The Morgan fingerprint density at radius 3 is 2.36 bits per heavy atom. The molecular formula is C35H39F3N2O6S. The molecule has 2 aliphatic rings. The van der Waals surface area contributed by atoms with E-state index in [2.05, 4.69) is 12.2 Å². The van der Waals surface area contributed by atoms with E-state index in [0.717, 1.165) is 33.4 Å². The van der Waals surface area contributed by atoms with E-state index in [9.17, 15) is 33.0 Å². The third-order valence-electron chi connectivity index (χ3n) is 8.66. The number of ether oxygens (including phenoxy) is 2. The molecule has 8 nitrogen and oxygen atoms in total. The molecule has 12 heteroatoms. The van der Waals surface area contributed by atoms with Gasteiger partial charge >= 0.3 is 12.1 Å². The number of hydrogen-bond donors (Lipinski definition) is 3. The molecule has 0 spiro atoms. The van der Waals surface area contributed by atoms with Crippen LogP contribution in [-0.2, 0) is 32.2 Å². The number of carbonyl (C=O) groups excluding carboxylic acids is 2. The van der Waals surface area contributed by atoms with Crippen molar-refractivity contribution in [1.29, 1.82) is 0 Å². The third-order valence-corrected chi connectivity index (χ3v) is 9.70. The van der Waals surface area contributed by atoms with Crippen LogP contribution in [0.4, 0.5) is 13.2 Å². The van der Waals surface area contributed by atoms with Crippen molar-refractivity contribution in [1.82, 2.24) is 10.2 Å². The van der Waals surface area contributed by atoms with Crippen molar-refractivity contribution in [2.45, 2.75) is 63.6 Å². The lowest BCUT2D eigenvalue weighted by Crippen LogP contribution is -2.50. The Balaban J connectivity index is 1.30. The maximum atomic E-state index is 13.0. The fourth-order valence-electron chi connectivity index (χ4n) is 6.10. The van der Waals surface area contributed by atoms with Crippen molar-refractivity contribution >= 4 is 23.6 Å². The number of aliphatic hydroxyl groups is 2. The van der Waals surface area contributed by atoms with Gasteiger partial charge in [0.25, 0.3) is 0 Å². The first-order chi connectivity index (χ1) is 22.6. The van der Waals surface area contributed by atoms with Crippen LogP contribution in [-0.4, -0.2) is 69.9 Å². The maximum absolute atomic E-state index is 13.0. The van der Waals surface area contributed by atoms with Crippen LogP contribution in [0.2, 0.25) is 0 Å². The van der Waals surface area contributed by atoms with Crippen LogP contribution in [0.3, 0.4) is 0 Å². The second-order valence-electron chi connectivity index (χ2n) is 11.8. The van der Waals surface area contributed by atoms with Crippen molar-refractivity contribution in [2.75, 3.05) is 24.7 Å². The van der Waals surface area contributed by atoms with Gasteiger partial charge in [0.05, 0.1) is 25.4 Å². The van der Waals surface area contributed by atoms with Crippen LogP contribution in [0.15, 0.2) is 72.8 Å². The Labute approximate surface area is 276 Å². The number of nitrogens with one attached hydrogen (secondary N) is 1.